The number of fused-ring (bicyclic) bond motifs is 3. The molecule has 0 radical (unpaired) electrons. The SMILES string of the molecule is CCc1cc(-c2nccs2)c2oc(N3CC4CCCC(C3)N4)nc2c1. The van der Waals surface area contributed by atoms with Crippen LogP contribution in [0.2, 0.25) is 0 Å². The molecule has 2 unspecified atom stereocenters. The van der Waals surface area contributed by atoms with E-state index in [0.29, 0.717) is 12.1 Å². The number of aromatic nitrogens is 2. The highest BCUT2D eigenvalue weighted by molar-refractivity contribution is 7.13. The number of hydrogen-bond acceptors (Lipinski definition) is 6. The molecule has 2 aliphatic heterocycles. The van der Waals surface area contributed by atoms with E-state index in [0.717, 1.165) is 47.2 Å². The molecular weight excluding hydrogens is 332 g/mol. The zero-order valence-electron chi connectivity index (χ0n) is 14.4. The molecule has 1 N–H and O–H groups in total. The third-order valence-electron chi connectivity index (χ3n) is 5.34. The minimum absolute atomic E-state index is 0.562. The average molecular weight is 354 g/mol. The highest BCUT2D eigenvalue weighted by Crippen LogP contribution is 2.35. The van der Waals surface area contributed by atoms with Crippen LogP contribution in [0.25, 0.3) is 21.7 Å². The van der Waals surface area contributed by atoms with Crippen LogP contribution in [0.5, 0.6) is 0 Å². The van der Waals surface area contributed by atoms with Crippen LogP contribution in [0.4, 0.5) is 6.01 Å². The molecule has 2 aliphatic rings. The summed E-state index contributed by atoms with van der Waals surface area (Å²) in [6.07, 6.45) is 6.65. The van der Waals surface area contributed by atoms with Crippen LogP contribution in [0.15, 0.2) is 28.1 Å². The van der Waals surface area contributed by atoms with Gasteiger partial charge in [0.2, 0.25) is 0 Å². The van der Waals surface area contributed by atoms with Gasteiger partial charge in [0.15, 0.2) is 5.58 Å². The maximum atomic E-state index is 6.28. The zero-order chi connectivity index (χ0) is 16.8. The van der Waals surface area contributed by atoms with Crippen molar-refractivity contribution in [2.24, 2.45) is 0 Å². The highest BCUT2D eigenvalue weighted by Gasteiger charge is 2.32. The van der Waals surface area contributed by atoms with E-state index in [9.17, 15) is 0 Å². The zero-order valence-corrected chi connectivity index (χ0v) is 15.2. The fourth-order valence-corrected chi connectivity index (χ4v) is 4.75. The normalized spacial score (nSPS) is 23.3. The summed E-state index contributed by atoms with van der Waals surface area (Å²) in [4.78, 5) is 11.7. The summed E-state index contributed by atoms with van der Waals surface area (Å²) >= 11 is 1.65. The predicted molar refractivity (Wildman–Crippen MR) is 101 cm³/mol. The predicted octanol–water partition coefficient (Wildman–Crippen LogP) is 3.84. The number of oxazole rings is 1. The molecule has 25 heavy (non-hydrogen) atoms. The Morgan fingerprint density at radius 1 is 1.28 bits per heavy atom. The molecule has 130 valence electrons. The molecule has 2 atom stereocenters. The van der Waals surface area contributed by atoms with Gasteiger partial charge in [-0.1, -0.05) is 13.3 Å². The molecular formula is C19H22N4OS. The molecule has 2 fully saturated rings. The van der Waals surface area contributed by atoms with Crippen molar-refractivity contribution in [3.8, 4) is 10.6 Å². The first kappa shape index (κ1) is 15.3. The lowest BCUT2D eigenvalue weighted by Crippen LogP contribution is -2.58. The number of aryl methyl sites for hydroxylation is 1. The van der Waals surface area contributed by atoms with E-state index in [1.165, 1.54) is 24.8 Å². The van der Waals surface area contributed by atoms with Crippen LogP contribution in [-0.4, -0.2) is 35.1 Å². The quantitative estimate of drug-likeness (QED) is 0.774. The van der Waals surface area contributed by atoms with Crippen LogP contribution in [0.3, 0.4) is 0 Å². The van der Waals surface area contributed by atoms with E-state index in [1.807, 2.05) is 11.6 Å². The van der Waals surface area contributed by atoms with E-state index in [2.05, 4.69) is 34.3 Å². The van der Waals surface area contributed by atoms with Gasteiger partial charge in [0.25, 0.3) is 6.01 Å². The Morgan fingerprint density at radius 3 is 2.84 bits per heavy atom. The molecule has 0 amide bonds. The summed E-state index contributed by atoms with van der Waals surface area (Å²) < 4.78 is 6.28. The van der Waals surface area contributed by atoms with Gasteiger partial charge in [-0.3, -0.25) is 0 Å². The first-order valence-corrected chi connectivity index (χ1v) is 10.0. The Bertz CT molecular complexity index is 876. The number of nitrogens with one attached hydrogen (secondary N) is 1. The third-order valence-corrected chi connectivity index (χ3v) is 6.14. The van der Waals surface area contributed by atoms with Gasteiger partial charge in [0, 0.05) is 36.8 Å². The monoisotopic (exact) mass is 354 g/mol. The molecule has 0 saturated carbocycles. The van der Waals surface area contributed by atoms with Gasteiger partial charge in [-0.2, -0.15) is 4.98 Å². The van der Waals surface area contributed by atoms with E-state index in [1.54, 1.807) is 11.3 Å². The van der Waals surface area contributed by atoms with Gasteiger partial charge in [-0.25, -0.2) is 4.98 Å². The molecule has 2 aromatic heterocycles. The Hall–Kier alpha value is -1.92. The van der Waals surface area contributed by atoms with Crippen molar-refractivity contribution in [2.75, 3.05) is 18.0 Å². The second kappa shape index (κ2) is 6.11. The van der Waals surface area contributed by atoms with Crippen LogP contribution in [-0.2, 0) is 6.42 Å². The van der Waals surface area contributed by atoms with Gasteiger partial charge < -0.3 is 14.6 Å². The molecule has 2 saturated heterocycles. The molecule has 4 heterocycles. The minimum atomic E-state index is 0.562. The summed E-state index contributed by atoms with van der Waals surface area (Å²) in [7, 11) is 0. The summed E-state index contributed by atoms with van der Waals surface area (Å²) in [5, 5.41) is 6.73. The minimum Gasteiger partial charge on any atom is -0.423 e. The van der Waals surface area contributed by atoms with E-state index in [-0.39, 0.29) is 0 Å². The summed E-state index contributed by atoms with van der Waals surface area (Å²) in [6.45, 7) is 4.14. The number of hydrogen-bond donors (Lipinski definition) is 1. The molecule has 5 nitrogen and oxygen atoms in total. The van der Waals surface area contributed by atoms with Crippen LogP contribution in [0.1, 0.15) is 31.7 Å². The summed E-state index contributed by atoms with van der Waals surface area (Å²) in [6, 6.07) is 6.24. The molecule has 1 aromatic carbocycles. The number of piperidine rings is 1. The second-order valence-corrected chi connectivity index (χ2v) is 7.97. The molecule has 6 heteroatoms. The van der Waals surface area contributed by atoms with Crippen LogP contribution in [0, 0.1) is 0 Å². The fraction of sp³-hybridized carbons (Fsp3) is 0.474. The Morgan fingerprint density at radius 2 is 2.12 bits per heavy atom. The maximum absolute atomic E-state index is 6.28. The topological polar surface area (TPSA) is 54.2 Å². The molecule has 0 spiro atoms. The van der Waals surface area contributed by atoms with Crippen molar-refractivity contribution in [3.05, 3.63) is 29.3 Å². The second-order valence-electron chi connectivity index (χ2n) is 7.08. The first-order valence-electron chi connectivity index (χ1n) is 9.14. The average Bonchev–Trinajstić information content (AvgIpc) is 3.30. The van der Waals surface area contributed by atoms with Gasteiger partial charge in [-0.05, 0) is 37.0 Å². The molecule has 2 bridgehead atoms. The van der Waals surface area contributed by atoms with Crippen molar-refractivity contribution in [1.82, 2.24) is 15.3 Å². The number of rotatable bonds is 3. The van der Waals surface area contributed by atoms with Crippen molar-refractivity contribution in [2.45, 2.75) is 44.7 Å². The number of piperazine rings is 1. The smallest absolute Gasteiger partial charge is 0.298 e. The number of nitrogens with zero attached hydrogens (tertiary/aromatic N) is 3. The van der Waals surface area contributed by atoms with E-state index < -0.39 is 0 Å². The van der Waals surface area contributed by atoms with Crippen molar-refractivity contribution in [1.29, 1.82) is 0 Å². The van der Waals surface area contributed by atoms with Crippen molar-refractivity contribution < 1.29 is 4.42 Å². The lowest BCUT2D eigenvalue weighted by Gasteiger charge is -2.41. The van der Waals surface area contributed by atoms with Gasteiger partial charge in [0.1, 0.15) is 10.5 Å². The lowest BCUT2D eigenvalue weighted by atomic mass is 9.94. The number of benzene rings is 1. The van der Waals surface area contributed by atoms with Crippen molar-refractivity contribution in [3.63, 3.8) is 0 Å². The number of thiazole rings is 1. The Labute approximate surface area is 151 Å². The van der Waals surface area contributed by atoms with E-state index in [4.69, 9.17) is 9.40 Å². The number of anilines is 1. The summed E-state index contributed by atoms with van der Waals surface area (Å²) in [5.74, 6) is 0. The van der Waals surface area contributed by atoms with Gasteiger partial charge in [0.05, 0.1) is 5.56 Å². The first-order chi connectivity index (χ1) is 12.3. The third kappa shape index (κ3) is 2.73. The lowest BCUT2D eigenvalue weighted by molar-refractivity contribution is 0.276. The van der Waals surface area contributed by atoms with Gasteiger partial charge in [-0.15, -0.1) is 11.3 Å². The van der Waals surface area contributed by atoms with Crippen molar-refractivity contribution >= 4 is 28.5 Å². The Balaban J connectivity index is 1.58. The van der Waals surface area contributed by atoms with Crippen LogP contribution < -0.4 is 10.2 Å². The van der Waals surface area contributed by atoms with Gasteiger partial charge >= 0.3 is 0 Å². The summed E-state index contributed by atoms with van der Waals surface area (Å²) in [5.41, 5.74) is 4.15. The molecule has 3 aromatic rings. The largest absolute Gasteiger partial charge is 0.423 e. The standard InChI is InChI=1S/C19H22N4OS/c1-2-12-8-15(18-20-6-7-25-18)17-16(9-12)22-19(24-17)23-10-13-4-3-5-14(11-23)21-13/h6-9,13-14,21H,2-5,10-11H2,1H3. The maximum Gasteiger partial charge on any atom is 0.298 e. The highest BCUT2D eigenvalue weighted by atomic mass is 32.1. The van der Waals surface area contributed by atoms with E-state index >= 15 is 0 Å². The van der Waals surface area contributed by atoms with Crippen LogP contribution >= 0.6 is 11.3 Å². The Kier molecular flexibility index (Phi) is 3.75. The fourth-order valence-electron chi connectivity index (χ4n) is 4.10. The molecule has 5 rings (SSSR count). The molecule has 0 aliphatic carbocycles.